The number of methoxy groups -OCH3 is 1. The fourth-order valence-corrected chi connectivity index (χ4v) is 2.24. The van der Waals surface area contributed by atoms with Gasteiger partial charge in [-0.1, -0.05) is 0 Å². The number of urea groups is 1. The summed E-state index contributed by atoms with van der Waals surface area (Å²) in [5.41, 5.74) is 3.15. The number of pyridine rings is 1. The Morgan fingerprint density at radius 3 is 2.68 bits per heavy atom. The number of aryl methyl sites for hydroxylation is 1. The number of carbonyl (C=O) groups is 1. The average Bonchev–Trinajstić information content (AvgIpc) is 3.13. The van der Waals surface area contributed by atoms with Crippen LogP contribution in [0.25, 0.3) is 16.6 Å². The van der Waals surface area contributed by atoms with Crippen LogP contribution in [0.1, 0.15) is 0 Å². The predicted octanol–water partition coefficient (Wildman–Crippen LogP) is 1.49. The molecule has 0 aliphatic rings. The molecule has 2 N–H and O–H groups in total. The maximum atomic E-state index is 11.5. The van der Waals surface area contributed by atoms with Crippen molar-refractivity contribution in [1.29, 1.82) is 0 Å². The van der Waals surface area contributed by atoms with Crippen LogP contribution in [0.4, 0.5) is 10.5 Å². The molecule has 0 saturated carbocycles. The Balaban J connectivity index is 2.12. The lowest BCUT2D eigenvalue weighted by atomic mass is 10.1. The normalized spacial score (nSPS) is 10.7. The molecular formula is C14H16N6O2. The highest BCUT2D eigenvalue weighted by Crippen LogP contribution is 2.31. The Morgan fingerprint density at radius 1 is 1.23 bits per heavy atom. The number of aromatic nitrogens is 4. The van der Waals surface area contributed by atoms with Gasteiger partial charge in [-0.25, -0.2) is 9.31 Å². The highest BCUT2D eigenvalue weighted by molar-refractivity contribution is 5.95. The molecule has 3 aromatic heterocycles. The summed E-state index contributed by atoms with van der Waals surface area (Å²) in [6, 6.07) is 1.58. The summed E-state index contributed by atoms with van der Waals surface area (Å²) in [6.45, 7) is 0. The molecule has 8 heteroatoms. The van der Waals surface area contributed by atoms with Gasteiger partial charge in [-0.2, -0.15) is 10.2 Å². The van der Waals surface area contributed by atoms with Crippen LogP contribution in [0.3, 0.4) is 0 Å². The Kier molecular flexibility index (Phi) is 3.42. The first-order chi connectivity index (χ1) is 10.6. The molecule has 2 amide bonds. The molecule has 0 bridgehead atoms. The minimum absolute atomic E-state index is 0.312. The van der Waals surface area contributed by atoms with E-state index in [2.05, 4.69) is 20.8 Å². The van der Waals surface area contributed by atoms with Crippen LogP contribution < -0.4 is 15.4 Å². The van der Waals surface area contributed by atoms with Gasteiger partial charge in [0.1, 0.15) is 11.3 Å². The average molecular weight is 300 g/mol. The second kappa shape index (κ2) is 5.40. The van der Waals surface area contributed by atoms with Crippen molar-refractivity contribution in [2.45, 2.75) is 0 Å². The minimum atomic E-state index is -0.312. The summed E-state index contributed by atoms with van der Waals surface area (Å²) in [5.74, 6) is 0.616. The van der Waals surface area contributed by atoms with E-state index in [1.54, 1.807) is 35.7 Å². The third kappa shape index (κ3) is 2.34. The predicted molar refractivity (Wildman–Crippen MR) is 82.0 cm³/mol. The van der Waals surface area contributed by atoms with Gasteiger partial charge in [0, 0.05) is 37.6 Å². The zero-order valence-electron chi connectivity index (χ0n) is 12.5. The number of ether oxygens (including phenoxy) is 1. The molecule has 0 aromatic carbocycles. The van der Waals surface area contributed by atoms with E-state index in [-0.39, 0.29) is 6.03 Å². The van der Waals surface area contributed by atoms with Gasteiger partial charge in [-0.3, -0.25) is 4.68 Å². The zero-order chi connectivity index (χ0) is 15.7. The van der Waals surface area contributed by atoms with Gasteiger partial charge in [-0.15, -0.1) is 0 Å². The van der Waals surface area contributed by atoms with Crippen molar-refractivity contribution in [2.24, 2.45) is 7.05 Å². The van der Waals surface area contributed by atoms with Crippen molar-refractivity contribution in [1.82, 2.24) is 24.7 Å². The van der Waals surface area contributed by atoms with Crippen molar-refractivity contribution < 1.29 is 9.53 Å². The fourth-order valence-electron chi connectivity index (χ4n) is 2.24. The molecule has 0 saturated heterocycles. The van der Waals surface area contributed by atoms with Gasteiger partial charge in [0.25, 0.3) is 0 Å². The lowest BCUT2D eigenvalue weighted by Crippen LogP contribution is -2.24. The van der Waals surface area contributed by atoms with Crippen molar-refractivity contribution in [3.63, 3.8) is 0 Å². The second-order valence-corrected chi connectivity index (χ2v) is 4.76. The number of nitrogens with zero attached hydrogens (tertiary/aromatic N) is 4. The number of hydrogen-bond acceptors (Lipinski definition) is 4. The van der Waals surface area contributed by atoms with Gasteiger partial charge < -0.3 is 15.4 Å². The lowest BCUT2D eigenvalue weighted by molar-refractivity contribution is 0.254. The Morgan fingerprint density at radius 2 is 2.05 bits per heavy atom. The number of nitrogens with one attached hydrogen (secondary N) is 2. The quantitative estimate of drug-likeness (QED) is 0.767. The van der Waals surface area contributed by atoms with E-state index in [9.17, 15) is 4.79 Å². The van der Waals surface area contributed by atoms with Crippen LogP contribution in [0.5, 0.6) is 5.75 Å². The van der Waals surface area contributed by atoms with E-state index in [0.717, 1.165) is 11.1 Å². The van der Waals surface area contributed by atoms with Crippen molar-refractivity contribution in [3.8, 4) is 16.9 Å². The molecule has 114 valence electrons. The highest BCUT2D eigenvalue weighted by atomic mass is 16.5. The van der Waals surface area contributed by atoms with E-state index >= 15 is 0 Å². The molecule has 3 heterocycles. The first-order valence-electron chi connectivity index (χ1n) is 6.65. The van der Waals surface area contributed by atoms with Gasteiger partial charge in [0.15, 0.2) is 0 Å². The summed E-state index contributed by atoms with van der Waals surface area (Å²) >= 11 is 0. The number of amides is 2. The minimum Gasteiger partial charge on any atom is -0.494 e. The molecule has 0 aliphatic heterocycles. The molecule has 0 aliphatic carbocycles. The van der Waals surface area contributed by atoms with Crippen molar-refractivity contribution in [2.75, 3.05) is 19.5 Å². The summed E-state index contributed by atoms with van der Waals surface area (Å²) in [5, 5.41) is 13.7. The molecule has 0 unspecified atom stereocenters. The summed E-state index contributed by atoms with van der Waals surface area (Å²) in [4.78, 5) is 11.5. The number of anilines is 1. The van der Waals surface area contributed by atoms with E-state index < -0.39 is 0 Å². The molecule has 0 fully saturated rings. The fraction of sp³-hybridized carbons (Fsp3) is 0.214. The Hall–Kier alpha value is -3.03. The molecule has 3 aromatic rings. The molecular weight excluding hydrogens is 284 g/mol. The highest BCUT2D eigenvalue weighted by Gasteiger charge is 2.14. The van der Waals surface area contributed by atoms with Gasteiger partial charge >= 0.3 is 6.03 Å². The second-order valence-electron chi connectivity index (χ2n) is 4.76. The van der Waals surface area contributed by atoms with Crippen molar-refractivity contribution in [3.05, 3.63) is 30.9 Å². The van der Waals surface area contributed by atoms with Crippen LogP contribution in [-0.4, -0.2) is 39.6 Å². The summed E-state index contributed by atoms with van der Waals surface area (Å²) in [6.07, 6.45) is 7.13. The third-order valence-corrected chi connectivity index (χ3v) is 3.31. The van der Waals surface area contributed by atoms with Crippen LogP contribution >= 0.6 is 0 Å². The SMILES string of the molecule is CNC(=O)Nc1cnn2cc(-c3cnn(C)c3)cc(OC)c12. The van der Waals surface area contributed by atoms with E-state index in [0.29, 0.717) is 17.0 Å². The number of carbonyl (C=O) groups excluding carboxylic acids is 1. The number of hydrogen-bond donors (Lipinski definition) is 2. The largest absolute Gasteiger partial charge is 0.494 e. The van der Waals surface area contributed by atoms with Crippen LogP contribution in [0.15, 0.2) is 30.9 Å². The van der Waals surface area contributed by atoms with Gasteiger partial charge in [0.2, 0.25) is 0 Å². The third-order valence-electron chi connectivity index (χ3n) is 3.31. The van der Waals surface area contributed by atoms with Gasteiger partial charge in [-0.05, 0) is 6.07 Å². The van der Waals surface area contributed by atoms with Crippen LogP contribution in [0.2, 0.25) is 0 Å². The number of rotatable bonds is 3. The summed E-state index contributed by atoms with van der Waals surface area (Å²) in [7, 11) is 5.00. The maximum Gasteiger partial charge on any atom is 0.319 e. The first kappa shape index (κ1) is 13.9. The zero-order valence-corrected chi connectivity index (χ0v) is 12.5. The lowest BCUT2D eigenvalue weighted by Gasteiger charge is -2.08. The van der Waals surface area contributed by atoms with E-state index in [1.807, 2.05) is 25.5 Å². The molecule has 0 atom stereocenters. The molecule has 22 heavy (non-hydrogen) atoms. The maximum absolute atomic E-state index is 11.5. The van der Waals surface area contributed by atoms with Crippen LogP contribution in [0, 0.1) is 0 Å². The monoisotopic (exact) mass is 300 g/mol. The molecule has 0 spiro atoms. The number of fused-ring (bicyclic) bond motifs is 1. The topological polar surface area (TPSA) is 85.5 Å². The van der Waals surface area contributed by atoms with Gasteiger partial charge in [0.05, 0.1) is 25.2 Å². The van der Waals surface area contributed by atoms with E-state index in [1.165, 1.54) is 0 Å². The molecule has 3 rings (SSSR count). The molecule has 0 radical (unpaired) electrons. The Labute approximate surface area is 126 Å². The van der Waals surface area contributed by atoms with Crippen molar-refractivity contribution >= 4 is 17.2 Å². The smallest absolute Gasteiger partial charge is 0.319 e. The summed E-state index contributed by atoms with van der Waals surface area (Å²) < 4.78 is 8.85. The standard InChI is InChI=1S/C14H16N6O2/c1-15-14(21)18-11-6-17-20-8-9(4-12(22-3)13(11)20)10-5-16-19(2)7-10/h4-8H,1-3H3,(H2,15,18,21). The first-order valence-corrected chi connectivity index (χ1v) is 6.65. The molecule has 8 nitrogen and oxygen atoms in total. The van der Waals surface area contributed by atoms with Crippen LogP contribution in [-0.2, 0) is 7.05 Å². The Bertz CT molecular complexity index is 835. The van der Waals surface area contributed by atoms with E-state index in [4.69, 9.17) is 4.74 Å².